The van der Waals surface area contributed by atoms with Crippen LogP contribution in [0.1, 0.15) is 17.3 Å². The van der Waals surface area contributed by atoms with Crippen LogP contribution in [0.4, 0.5) is 5.69 Å². The summed E-state index contributed by atoms with van der Waals surface area (Å²) in [6.07, 6.45) is 1.47. The largest absolute Gasteiger partial charge is 0.438 e. The molecule has 0 radical (unpaired) electrons. The summed E-state index contributed by atoms with van der Waals surface area (Å²) < 4.78 is 5.53. The van der Waals surface area contributed by atoms with Crippen LogP contribution in [0.25, 0.3) is 0 Å². The quantitative estimate of drug-likeness (QED) is 0.681. The molecule has 1 heterocycles. The van der Waals surface area contributed by atoms with Gasteiger partial charge < -0.3 is 10.5 Å². The predicted molar refractivity (Wildman–Crippen MR) is 70.2 cm³/mol. The van der Waals surface area contributed by atoms with Gasteiger partial charge in [-0.25, -0.2) is 4.98 Å². The lowest BCUT2D eigenvalue weighted by Gasteiger charge is -2.09. The fraction of sp³-hybridized carbons (Fsp3) is 0.0769. The maximum atomic E-state index is 11.5. The summed E-state index contributed by atoms with van der Waals surface area (Å²) >= 11 is 5.73. The van der Waals surface area contributed by atoms with Gasteiger partial charge in [-0.3, -0.25) is 4.79 Å². The molecule has 0 saturated carbocycles. The Kier molecular flexibility index (Phi) is 3.48. The molecular formula is C13H11ClN2O2. The Hall–Kier alpha value is -2.07. The van der Waals surface area contributed by atoms with Crippen molar-refractivity contribution in [1.82, 2.24) is 4.98 Å². The molecule has 2 N–H and O–H groups in total. The zero-order chi connectivity index (χ0) is 13.1. The van der Waals surface area contributed by atoms with E-state index in [0.29, 0.717) is 27.9 Å². The molecule has 0 aliphatic heterocycles. The molecule has 0 spiro atoms. The van der Waals surface area contributed by atoms with Gasteiger partial charge >= 0.3 is 0 Å². The number of carbonyl (C=O) groups is 1. The zero-order valence-corrected chi connectivity index (χ0v) is 10.4. The van der Waals surface area contributed by atoms with E-state index in [2.05, 4.69) is 4.98 Å². The van der Waals surface area contributed by atoms with Crippen molar-refractivity contribution in [2.45, 2.75) is 6.92 Å². The fourth-order valence-electron chi connectivity index (χ4n) is 1.45. The van der Waals surface area contributed by atoms with E-state index < -0.39 is 0 Å². The van der Waals surface area contributed by atoms with Crippen LogP contribution in [0, 0.1) is 0 Å². The second-order valence-corrected chi connectivity index (χ2v) is 4.16. The molecule has 0 amide bonds. The number of rotatable bonds is 3. The van der Waals surface area contributed by atoms with Crippen molar-refractivity contribution in [3.8, 4) is 11.6 Å². The van der Waals surface area contributed by atoms with E-state index >= 15 is 0 Å². The molecular weight excluding hydrogens is 252 g/mol. The molecule has 92 valence electrons. The Morgan fingerprint density at radius 3 is 2.72 bits per heavy atom. The Labute approximate surface area is 109 Å². The smallest absolute Gasteiger partial charge is 0.219 e. The van der Waals surface area contributed by atoms with Crippen LogP contribution in [-0.2, 0) is 0 Å². The summed E-state index contributed by atoms with van der Waals surface area (Å²) in [5.74, 6) is 0.671. The van der Waals surface area contributed by atoms with Gasteiger partial charge in [-0.15, -0.1) is 0 Å². The first-order valence-electron chi connectivity index (χ1n) is 5.26. The van der Waals surface area contributed by atoms with E-state index in [1.54, 1.807) is 30.3 Å². The van der Waals surface area contributed by atoms with Gasteiger partial charge in [0.25, 0.3) is 0 Å². The first-order valence-corrected chi connectivity index (χ1v) is 5.64. The minimum Gasteiger partial charge on any atom is -0.438 e. The summed E-state index contributed by atoms with van der Waals surface area (Å²) in [5, 5.41) is 0.520. The normalized spacial score (nSPS) is 10.1. The van der Waals surface area contributed by atoms with E-state index in [9.17, 15) is 4.79 Å². The maximum Gasteiger partial charge on any atom is 0.219 e. The van der Waals surface area contributed by atoms with Gasteiger partial charge in [0.2, 0.25) is 5.88 Å². The van der Waals surface area contributed by atoms with E-state index in [0.717, 1.165) is 0 Å². The standard InChI is InChI=1S/C13H11ClN2O2/c1-8(17)11-6-10(15)3-4-12(11)18-13-5-2-9(14)7-16-13/h2-7H,15H2,1H3. The van der Waals surface area contributed by atoms with Gasteiger partial charge in [0.1, 0.15) is 5.75 Å². The SMILES string of the molecule is CC(=O)c1cc(N)ccc1Oc1ccc(Cl)cn1. The molecule has 0 fully saturated rings. The van der Waals surface area contributed by atoms with Gasteiger partial charge in [0, 0.05) is 18.0 Å². The van der Waals surface area contributed by atoms with Crippen molar-refractivity contribution in [2.24, 2.45) is 0 Å². The predicted octanol–water partition coefficient (Wildman–Crippen LogP) is 3.31. The number of ether oxygens (including phenoxy) is 1. The highest BCUT2D eigenvalue weighted by atomic mass is 35.5. The highest BCUT2D eigenvalue weighted by Crippen LogP contribution is 2.26. The van der Waals surface area contributed by atoms with E-state index in [1.807, 2.05) is 0 Å². The Morgan fingerprint density at radius 2 is 2.11 bits per heavy atom. The molecule has 0 aliphatic carbocycles. The Balaban J connectivity index is 2.34. The third-order valence-electron chi connectivity index (χ3n) is 2.30. The molecule has 5 heteroatoms. The van der Waals surface area contributed by atoms with E-state index in [4.69, 9.17) is 22.1 Å². The lowest BCUT2D eigenvalue weighted by molar-refractivity contribution is 0.101. The minimum atomic E-state index is -0.119. The maximum absolute atomic E-state index is 11.5. The van der Waals surface area contributed by atoms with Crippen molar-refractivity contribution in [3.05, 3.63) is 47.1 Å². The molecule has 0 unspecified atom stereocenters. The van der Waals surface area contributed by atoms with Crippen LogP contribution in [0.2, 0.25) is 5.02 Å². The average Bonchev–Trinajstić information content (AvgIpc) is 2.34. The number of nitrogens with two attached hydrogens (primary N) is 1. The van der Waals surface area contributed by atoms with Crippen molar-refractivity contribution in [3.63, 3.8) is 0 Å². The van der Waals surface area contributed by atoms with Gasteiger partial charge in [0.05, 0.1) is 10.6 Å². The summed E-state index contributed by atoms with van der Waals surface area (Å²) in [4.78, 5) is 15.5. The number of benzene rings is 1. The summed E-state index contributed by atoms with van der Waals surface area (Å²) in [7, 11) is 0. The lowest BCUT2D eigenvalue weighted by atomic mass is 10.1. The van der Waals surface area contributed by atoms with Crippen molar-refractivity contribution >= 4 is 23.1 Å². The van der Waals surface area contributed by atoms with Crippen molar-refractivity contribution < 1.29 is 9.53 Å². The zero-order valence-electron chi connectivity index (χ0n) is 9.68. The Morgan fingerprint density at radius 1 is 1.33 bits per heavy atom. The van der Waals surface area contributed by atoms with Gasteiger partial charge in [-0.2, -0.15) is 0 Å². The van der Waals surface area contributed by atoms with Crippen molar-refractivity contribution in [2.75, 3.05) is 5.73 Å². The van der Waals surface area contributed by atoms with Crippen LogP contribution in [0.5, 0.6) is 11.6 Å². The molecule has 0 atom stereocenters. The number of nitrogen functional groups attached to an aromatic ring is 1. The van der Waals surface area contributed by atoms with Crippen LogP contribution in [0.3, 0.4) is 0 Å². The number of hydrogen-bond donors (Lipinski definition) is 1. The van der Waals surface area contributed by atoms with Crippen LogP contribution in [0.15, 0.2) is 36.5 Å². The van der Waals surface area contributed by atoms with Gasteiger partial charge in [-0.1, -0.05) is 11.6 Å². The highest BCUT2D eigenvalue weighted by Gasteiger charge is 2.10. The minimum absolute atomic E-state index is 0.119. The first kappa shape index (κ1) is 12.4. The monoisotopic (exact) mass is 262 g/mol. The Bertz CT molecular complexity index is 582. The highest BCUT2D eigenvalue weighted by molar-refractivity contribution is 6.30. The third kappa shape index (κ3) is 2.78. The first-order chi connectivity index (χ1) is 8.56. The molecule has 0 saturated heterocycles. The number of hydrogen-bond acceptors (Lipinski definition) is 4. The topological polar surface area (TPSA) is 65.2 Å². The average molecular weight is 263 g/mol. The van der Waals surface area contributed by atoms with E-state index in [-0.39, 0.29) is 5.78 Å². The molecule has 1 aromatic carbocycles. The van der Waals surface area contributed by atoms with Crippen molar-refractivity contribution in [1.29, 1.82) is 0 Å². The second-order valence-electron chi connectivity index (χ2n) is 3.73. The summed E-state index contributed by atoms with van der Waals surface area (Å²) in [6, 6.07) is 8.17. The third-order valence-corrected chi connectivity index (χ3v) is 2.52. The number of ketones is 1. The fourth-order valence-corrected chi connectivity index (χ4v) is 1.56. The van der Waals surface area contributed by atoms with E-state index in [1.165, 1.54) is 13.1 Å². The number of halogens is 1. The number of Topliss-reactive ketones (excluding diaryl/α,β-unsaturated/α-hetero) is 1. The molecule has 4 nitrogen and oxygen atoms in total. The number of carbonyl (C=O) groups excluding carboxylic acids is 1. The van der Waals surface area contributed by atoms with Crippen LogP contribution in [-0.4, -0.2) is 10.8 Å². The number of aromatic nitrogens is 1. The number of pyridine rings is 1. The molecule has 1 aromatic heterocycles. The summed E-state index contributed by atoms with van der Waals surface area (Å²) in [6.45, 7) is 1.46. The lowest BCUT2D eigenvalue weighted by Crippen LogP contribution is -1.99. The molecule has 0 bridgehead atoms. The number of nitrogens with zero attached hydrogens (tertiary/aromatic N) is 1. The summed E-state index contributed by atoms with van der Waals surface area (Å²) in [5.41, 5.74) is 6.57. The second kappa shape index (κ2) is 5.06. The van der Waals surface area contributed by atoms with Gasteiger partial charge in [0.15, 0.2) is 5.78 Å². The molecule has 2 rings (SSSR count). The van der Waals surface area contributed by atoms with Crippen LogP contribution >= 0.6 is 11.6 Å². The molecule has 0 aliphatic rings. The van der Waals surface area contributed by atoms with Gasteiger partial charge in [-0.05, 0) is 31.2 Å². The number of anilines is 1. The molecule has 18 heavy (non-hydrogen) atoms. The molecule has 2 aromatic rings. The van der Waals surface area contributed by atoms with Crippen LogP contribution < -0.4 is 10.5 Å².